The lowest BCUT2D eigenvalue weighted by Gasteiger charge is -2.31. The summed E-state index contributed by atoms with van der Waals surface area (Å²) in [6.07, 6.45) is 3.89. The van der Waals surface area contributed by atoms with Gasteiger partial charge < -0.3 is 10.2 Å². The first-order valence-electron chi connectivity index (χ1n) is 7.64. The summed E-state index contributed by atoms with van der Waals surface area (Å²) in [6.45, 7) is 6.93. The predicted molar refractivity (Wildman–Crippen MR) is 82.4 cm³/mol. The number of rotatable bonds is 8. The molecule has 1 N–H and O–H groups in total. The van der Waals surface area contributed by atoms with Gasteiger partial charge in [-0.05, 0) is 37.8 Å². The molecule has 0 saturated heterocycles. The Labute approximate surface area is 118 Å². The van der Waals surface area contributed by atoms with Crippen LogP contribution in [0.5, 0.6) is 0 Å². The van der Waals surface area contributed by atoms with Crippen molar-refractivity contribution in [3.63, 3.8) is 0 Å². The second-order valence-electron chi connectivity index (χ2n) is 6.21. The Hall–Kier alpha value is -0.860. The molecule has 2 heteroatoms. The molecule has 0 spiro atoms. The summed E-state index contributed by atoms with van der Waals surface area (Å²) >= 11 is 0. The minimum Gasteiger partial charge on any atom is -0.312 e. The number of hydrogen-bond acceptors (Lipinski definition) is 2. The summed E-state index contributed by atoms with van der Waals surface area (Å²) in [5.74, 6) is 0.701. The summed E-state index contributed by atoms with van der Waals surface area (Å²) in [5, 5.41) is 3.68. The molecule has 1 aromatic rings. The molecule has 0 aromatic heterocycles. The van der Waals surface area contributed by atoms with Crippen molar-refractivity contribution >= 4 is 0 Å². The Kier molecular flexibility index (Phi) is 5.41. The van der Waals surface area contributed by atoms with Crippen LogP contribution in [0.2, 0.25) is 0 Å². The first kappa shape index (κ1) is 14.5. The van der Waals surface area contributed by atoms with Crippen molar-refractivity contribution in [2.45, 2.75) is 45.2 Å². The van der Waals surface area contributed by atoms with Gasteiger partial charge in [0.1, 0.15) is 0 Å². The van der Waals surface area contributed by atoms with E-state index in [0.717, 1.165) is 25.6 Å². The molecule has 1 aromatic carbocycles. The smallest absolute Gasteiger partial charge is 0.0240 e. The van der Waals surface area contributed by atoms with E-state index in [1.54, 1.807) is 0 Å². The van der Waals surface area contributed by atoms with Crippen molar-refractivity contribution in [1.29, 1.82) is 0 Å². The predicted octanol–water partition coefficient (Wildman–Crippen LogP) is 2.94. The zero-order chi connectivity index (χ0) is 13.7. The van der Waals surface area contributed by atoms with E-state index < -0.39 is 0 Å². The van der Waals surface area contributed by atoms with Gasteiger partial charge in [-0.1, -0.05) is 44.2 Å². The molecule has 19 heavy (non-hydrogen) atoms. The Morgan fingerprint density at radius 2 is 1.89 bits per heavy atom. The molecule has 2 nitrogen and oxygen atoms in total. The van der Waals surface area contributed by atoms with Crippen molar-refractivity contribution < 1.29 is 0 Å². The molecule has 0 radical (unpaired) electrons. The fourth-order valence-corrected chi connectivity index (χ4v) is 2.59. The summed E-state index contributed by atoms with van der Waals surface area (Å²) in [4.78, 5) is 2.52. The highest BCUT2D eigenvalue weighted by Gasteiger charge is 2.24. The Morgan fingerprint density at radius 3 is 2.47 bits per heavy atom. The van der Waals surface area contributed by atoms with E-state index >= 15 is 0 Å². The minimum absolute atomic E-state index is 0.643. The summed E-state index contributed by atoms with van der Waals surface area (Å²) in [5.41, 5.74) is 1.44. The molecule has 1 unspecified atom stereocenters. The fraction of sp³-hybridized carbons (Fsp3) is 0.647. The molecule has 1 aliphatic carbocycles. The first-order valence-corrected chi connectivity index (χ1v) is 7.64. The highest BCUT2D eigenvalue weighted by atomic mass is 15.2. The third kappa shape index (κ3) is 4.96. The maximum atomic E-state index is 3.68. The summed E-state index contributed by atoms with van der Waals surface area (Å²) in [6, 6.07) is 12.2. The number of nitrogens with one attached hydrogen (secondary N) is 1. The van der Waals surface area contributed by atoms with Crippen LogP contribution in [-0.2, 0) is 6.42 Å². The largest absolute Gasteiger partial charge is 0.312 e. The van der Waals surface area contributed by atoms with Crippen molar-refractivity contribution in [1.82, 2.24) is 10.2 Å². The SMILES string of the molecule is CC(C)C(CNC1CC1)N(C)CCc1ccccc1. The quantitative estimate of drug-likeness (QED) is 0.773. The maximum Gasteiger partial charge on any atom is 0.0240 e. The number of benzene rings is 1. The molecular weight excluding hydrogens is 232 g/mol. The average molecular weight is 260 g/mol. The van der Waals surface area contributed by atoms with E-state index in [0.29, 0.717) is 12.0 Å². The molecule has 2 rings (SSSR count). The van der Waals surface area contributed by atoms with E-state index in [4.69, 9.17) is 0 Å². The lowest BCUT2D eigenvalue weighted by atomic mass is 10.0. The zero-order valence-corrected chi connectivity index (χ0v) is 12.6. The van der Waals surface area contributed by atoms with E-state index in [1.807, 2.05) is 0 Å². The molecular formula is C17H28N2. The van der Waals surface area contributed by atoms with Gasteiger partial charge in [-0.2, -0.15) is 0 Å². The highest BCUT2D eigenvalue weighted by Crippen LogP contribution is 2.19. The van der Waals surface area contributed by atoms with Gasteiger partial charge >= 0.3 is 0 Å². The van der Waals surface area contributed by atoms with Crippen LogP contribution in [-0.4, -0.2) is 37.1 Å². The first-order chi connectivity index (χ1) is 9.16. The number of hydrogen-bond donors (Lipinski definition) is 1. The van der Waals surface area contributed by atoms with E-state index in [-0.39, 0.29) is 0 Å². The van der Waals surface area contributed by atoms with Gasteiger partial charge in [0, 0.05) is 25.2 Å². The van der Waals surface area contributed by atoms with Gasteiger partial charge in [-0.3, -0.25) is 0 Å². The molecule has 1 atom stereocenters. The van der Waals surface area contributed by atoms with Crippen LogP contribution in [0.1, 0.15) is 32.3 Å². The van der Waals surface area contributed by atoms with Crippen molar-refractivity contribution in [3.8, 4) is 0 Å². The highest BCUT2D eigenvalue weighted by molar-refractivity contribution is 5.14. The van der Waals surface area contributed by atoms with Gasteiger partial charge in [0.2, 0.25) is 0 Å². The van der Waals surface area contributed by atoms with E-state index in [2.05, 4.69) is 61.4 Å². The second kappa shape index (κ2) is 7.06. The van der Waals surface area contributed by atoms with Crippen LogP contribution in [0, 0.1) is 5.92 Å². The maximum absolute atomic E-state index is 3.68. The standard InChI is InChI=1S/C17H28N2/c1-14(2)17(13-18-16-9-10-16)19(3)12-11-15-7-5-4-6-8-15/h4-8,14,16-18H,9-13H2,1-3H3. The van der Waals surface area contributed by atoms with Crippen LogP contribution >= 0.6 is 0 Å². The topological polar surface area (TPSA) is 15.3 Å². The number of nitrogens with zero attached hydrogens (tertiary/aromatic N) is 1. The van der Waals surface area contributed by atoms with Gasteiger partial charge in [0.25, 0.3) is 0 Å². The molecule has 0 amide bonds. The molecule has 0 heterocycles. The average Bonchev–Trinajstić information content (AvgIpc) is 3.21. The molecule has 1 fully saturated rings. The van der Waals surface area contributed by atoms with Gasteiger partial charge in [-0.15, -0.1) is 0 Å². The summed E-state index contributed by atoms with van der Waals surface area (Å²) < 4.78 is 0. The Bertz CT molecular complexity index is 357. The lowest BCUT2D eigenvalue weighted by Crippen LogP contribution is -2.44. The normalized spacial score (nSPS) is 17.1. The van der Waals surface area contributed by atoms with Gasteiger partial charge in [0.05, 0.1) is 0 Å². The Morgan fingerprint density at radius 1 is 1.21 bits per heavy atom. The molecule has 106 valence electrons. The Balaban J connectivity index is 1.78. The van der Waals surface area contributed by atoms with Crippen LogP contribution in [0.3, 0.4) is 0 Å². The van der Waals surface area contributed by atoms with Gasteiger partial charge in [-0.25, -0.2) is 0 Å². The van der Waals surface area contributed by atoms with Crippen LogP contribution in [0.4, 0.5) is 0 Å². The molecule has 1 aliphatic rings. The van der Waals surface area contributed by atoms with E-state index in [9.17, 15) is 0 Å². The summed E-state index contributed by atoms with van der Waals surface area (Å²) in [7, 11) is 2.27. The zero-order valence-electron chi connectivity index (χ0n) is 12.6. The van der Waals surface area contributed by atoms with Crippen LogP contribution < -0.4 is 5.32 Å². The second-order valence-corrected chi connectivity index (χ2v) is 6.21. The van der Waals surface area contributed by atoms with Crippen LogP contribution in [0.15, 0.2) is 30.3 Å². The van der Waals surface area contributed by atoms with Crippen LogP contribution in [0.25, 0.3) is 0 Å². The third-order valence-corrected chi connectivity index (χ3v) is 4.12. The minimum atomic E-state index is 0.643. The lowest BCUT2D eigenvalue weighted by molar-refractivity contribution is 0.188. The fourth-order valence-electron chi connectivity index (χ4n) is 2.59. The molecule has 0 bridgehead atoms. The molecule has 0 aliphatic heterocycles. The third-order valence-electron chi connectivity index (χ3n) is 4.12. The number of likely N-dealkylation sites (N-methyl/N-ethyl adjacent to an activating group) is 1. The van der Waals surface area contributed by atoms with Crippen molar-refractivity contribution in [2.75, 3.05) is 20.1 Å². The van der Waals surface area contributed by atoms with Crippen molar-refractivity contribution in [2.24, 2.45) is 5.92 Å². The van der Waals surface area contributed by atoms with Gasteiger partial charge in [0.15, 0.2) is 0 Å². The van der Waals surface area contributed by atoms with E-state index in [1.165, 1.54) is 18.4 Å². The molecule has 1 saturated carbocycles. The van der Waals surface area contributed by atoms with Crippen molar-refractivity contribution in [3.05, 3.63) is 35.9 Å². The monoisotopic (exact) mass is 260 g/mol.